The second-order valence-electron chi connectivity index (χ2n) is 5.09. The van der Waals surface area contributed by atoms with Crippen LogP contribution in [0.3, 0.4) is 0 Å². The van der Waals surface area contributed by atoms with E-state index in [1.165, 1.54) is 16.0 Å². The van der Waals surface area contributed by atoms with Crippen molar-refractivity contribution in [1.29, 1.82) is 0 Å². The molecule has 1 unspecified atom stereocenters. The Morgan fingerprint density at radius 3 is 2.85 bits per heavy atom. The molecule has 0 saturated heterocycles. The van der Waals surface area contributed by atoms with Crippen molar-refractivity contribution < 1.29 is 4.74 Å². The molecular weight excluding hydrogens is 266 g/mol. The van der Waals surface area contributed by atoms with E-state index in [4.69, 9.17) is 4.74 Å². The Labute approximate surface area is 125 Å². The van der Waals surface area contributed by atoms with Gasteiger partial charge in [0.2, 0.25) is 0 Å². The molecule has 0 aliphatic carbocycles. The Bertz CT molecular complexity index is 495. The molecule has 1 N–H and O–H groups in total. The fraction of sp³-hybridized carbons (Fsp3) is 0.412. The van der Waals surface area contributed by atoms with E-state index in [2.05, 4.69) is 54.0 Å². The van der Waals surface area contributed by atoms with Crippen LogP contribution in [0.5, 0.6) is 0 Å². The van der Waals surface area contributed by atoms with Gasteiger partial charge in [0, 0.05) is 31.0 Å². The number of benzene rings is 1. The maximum atomic E-state index is 5.09. The quantitative estimate of drug-likeness (QED) is 0.749. The first kappa shape index (κ1) is 15.2. The standard InChI is InChI=1S/C17H23NOS/c1-14-5-3-6-15(11-14)16(13-18-8-9-19-2)12-17-7-4-10-20-17/h3-7,10-11,16,18H,8-9,12-13H2,1-2H3. The topological polar surface area (TPSA) is 21.3 Å². The molecule has 108 valence electrons. The zero-order valence-electron chi connectivity index (χ0n) is 12.3. The molecule has 0 aliphatic rings. The predicted molar refractivity (Wildman–Crippen MR) is 86.7 cm³/mol. The first-order chi connectivity index (χ1) is 9.79. The summed E-state index contributed by atoms with van der Waals surface area (Å²) in [6, 6.07) is 13.2. The Kier molecular flexibility index (Phi) is 6.25. The smallest absolute Gasteiger partial charge is 0.0587 e. The number of methoxy groups -OCH3 is 1. The van der Waals surface area contributed by atoms with Crippen molar-refractivity contribution in [2.75, 3.05) is 26.8 Å². The van der Waals surface area contributed by atoms with E-state index in [0.29, 0.717) is 5.92 Å². The molecule has 0 amide bonds. The van der Waals surface area contributed by atoms with Gasteiger partial charge < -0.3 is 10.1 Å². The zero-order chi connectivity index (χ0) is 14.2. The first-order valence-corrected chi connectivity index (χ1v) is 7.96. The molecule has 0 bridgehead atoms. The van der Waals surface area contributed by atoms with Gasteiger partial charge in [0.1, 0.15) is 0 Å². The maximum absolute atomic E-state index is 5.09. The molecule has 2 nitrogen and oxygen atoms in total. The molecule has 1 aromatic heterocycles. The highest BCUT2D eigenvalue weighted by atomic mass is 32.1. The van der Waals surface area contributed by atoms with Gasteiger partial charge in [-0.15, -0.1) is 11.3 Å². The van der Waals surface area contributed by atoms with Crippen LogP contribution in [0.15, 0.2) is 41.8 Å². The number of aryl methyl sites for hydroxylation is 1. The molecule has 0 radical (unpaired) electrons. The van der Waals surface area contributed by atoms with Crippen molar-refractivity contribution in [2.24, 2.45) is 0 Å². The van der Waals surface area contributed by atoms with Crippen LogP contribution >= 0.6 is 11.3 Å². The highest BCUT2D eigenvalue weighted by Crippen LogP contribution is 2.23. The highest BCUT2D eigenvalue weighted by Gasteiger charge is 2.13. The van der Waals surface area contributed by atoms with Gasteiger partial charge >= 0.3 is 0 Å². The lowest BCUT2D eigenvalue weighted by molar-refractivity contribution is 0.199. The van der Waals surface area contributed by atoms with Gasteiger partial charge in [0.05, 0.1) is 6.61 Å². The summed E-state index contributed by atoms with van der Waals surface area (Å²) in [5.41, 5.74) is 2.75. The summed E-state index contributed by atoms with van der Waals surface area (Å²) in [7, 11) is 1.74. The molecule has 1 aromatic carbocycles. The SMILES string of the molecule is COCCNCC(Cc1cccs1)c1cccc(C)c1. The monoisotopic (exact) mass is 289 g/mol. The normalized spacial score (nSPS) is 12.5. The molecule has 0 fully saturated rings. The minimum Gasteiger partial charge on any atom is -0.383 e. The van der Waals surface area contributed by atoms with E-state index >= 15 is 0 Å². The van der Waals surface area contributed by atoms with E-state index in [9.17, 15) is 0 Å². The van der Waals surface area contributed by atoms with Gasteiger partial charge in [0.15, 0.2) is 0 Å². The van der Waals surface area contributed by atoms with E-state index < -0.39 is 0 Å². The fourth-order valence-electron chi connectivity index (χ4n) is 2.35. The summed E-state index contributed by atoms with van der Waals surface area (Å²) in [5, 5.41) is 5.65. The Morgan fingerprint density at radius 2 is 2.15 bits per heavy atom. The van der Waals surface area contributed by atoms with Crippen LogP contribution in [-0.4, -0.2) is 26.8 Å². The Morgan fingerprint density at radius 1 is 1.25 bits per heavy atom. The number of rotatable bonds is 8. The number of ether oxygens (including phenoxy) is 1. The second kappa shape index (κ2) is 8.20. The average Bonchev–Trinajstić information content (AvgIpc) is 2.95. The van der Waals surface area contributed by atoms with Gasteiger partial charge in [-0.3, -0.25) is 0 Å². The van der Waals surface area contributed by atoms with Crippen LogP contribution < -0.4 is 5.32 Å². The minimum atomic E-state index is 0.519. The summed E-state index contributed by atoms with van der Waals surface area (Å²) in [5.74, 6) is 0.519. The summed E-state index contributed by atoms with van der Waals surface area (Å²) < 4.78 is 5.09. The van der Waals surface area contributed by atoms with Crippen LogP contribution in [0.25, 0.3) is 0 Å². The molecule has 2 aromatic rings. The fourth-order valence-corrected chi connectivity index (χ4v) is 3.14. The van der Waals surface area contributed by atoms with Crippen molar-refractivity contribution in [3.05, 3.63) is 57.8 Å². The molecule has 0 saturated carbocycles. The van der Waals surface area contributed by atoms with Crippen LogP contribution in [0.1, 0.15) is 21.9 Å². The van der Waals surface area contributed by atoms with Gasteiger partial charge in [0.25, 0.3) is 0 Å². The third kappa shape index (κ3) is 4.75. The van der Waals surface area contributed by atoms with E-state index in [0.717, 1.165) is 26.1 Å². The lowest BCUT2D eigenvalue weighted by atomic mass is 9.93. The summed E-state index contributed by atoms with van der Waals surface area (Å²) in [6.45, 7) is 4.82. The van der Waals surface area contributed by atoms with Crippen molar-refractivity contribution in [3.8, 4) is 0 Å². The van der Waals surface area contributed by atoms with E-state index in [1.807, 2.05) is 11.3 Å². The molecule has 2 rings (SSSR count). The lowest BCUT2D eigenvalue weighted by Crippen LogP contribution is -2.26. The van der Waals surface area contributed by atoms with E-state index in [1.54, 1.807) is 7.11 Å². The molecular formula is C17H23NOS. The van der Waals surface area contributed by atoms with Crippen LogP contribution in [-0.2, 0) is 11.2 Å². The maximum Gasteiger partial charge on any atom is 0.0587 e. The third-order valence-electron chi connectivity index (χ3n) is 3.41. The Hall–Kier alpha value is -1.16. The van der Waals surface area contributed by atoms with Gasteiger partial charge in [-0.2, -0.15) is 0 Å². The van der Waals surface area contributed by atoms with Crippen LogP contribution in [0, 0.1) is 6.92 Å². The minimum absolute atomic E-state index is 0.519. The zero-order valence-corrected chi connectivity index (χ0v) is 13.1. The van der Waals surface area contributed by atoms with Crippen molar-refractivity contribution in [1.82, 2.24) is 5.32 Å². The summed E-state index contributed by atoms with van der Waals surface area (Å²) in [6.07, 6.45) is 1.10. The van der Waals surface area contributed by atoms with Gasteiger partial charge in [-0.05, 0) is 30.4 Å². The second-order valence-corrected chi connectivity index (χ2v) is 6.12. The average molecular weight is 289 g/mol. The molecule has 1 heterocycles. The Balaban J connectivity index is 2.03. The van der Waals surface area contributed by atoms with E-state index in [-0.39, 0.29) is 0 Å². The van der Waals surface area contributed by atoms with Crippen molar-refractivity contribution >= 4 is 11.3 Å². The van der Waals surface area contributed by atoms with Crippen LogP contribution in [0.4, 0.5) is 0 Å². The number of hydrogen-bond donors (Lipinski definition) is 1. The summed E-state index contributed by atoms with van der Waals surface area (Å²) in [4.78, 5) is 1.45. The molecule has 1 atom stereocenters. The van der Waals surface area contributed by atoms with Gasteiger partial charge in [-0.25, -0.2) is 0 Å². The molecule has 0 spiro atoms. The first-order valence-electron chi connectivity index (χ1n) is 7.08. The van der Waals surface area contributed by atoms with Crippen molar-refractivity contribution in [2.45, 2.75) is 19.3 Å². The number of hydrogen-bond acceptors (Lipinski definition) is 3. The molecule has 20 heavy (non-hydrogen) atoms. The van der Waals surface area contributed by atoms with Crippen molar-refractivity contribution in [3.63, 3.8) is 0 Å². The predicted octanol–water partition coefficient (Wildman–Crippen LogP) is 3.62. The van der Waals surface area contributed by atoms with Crippen LogP contribution in [0.2, 0.25) is 0 Å². The lowest BCUT2D eigenvalue weighted by Gasteiger charge is -2.18. The summed E-state index contributed by atoms with van der Waals surface area (Å²) >= 11 is 1.84. The largest absolute Gasteiger partial charge is 0.383 e. The highest BCUT2D eigenvalue weighted by molar-refractivity contribution is 7.09. The number of thiophene rings is 1. The third-order valence-corrected chi connectivity index (χ3v) is 4.31. The van der Waals surface area contributed by atoms with Gasteiger partial charge in [-0.1, -0.05) is 35.9 Å². The molecule has 0 aliphatic heterocycles. The molecule has 3 heteroatoms. The number of nitrogens with one attached hydrogen (secondary N) is 1.